The zero-order valence-electron chi connectivity index (χ0n) is 7.80. The SMILES string of the molecule is Cc1ccc2ccc3c(c2c1)CC3. The van der Waals surface area contributed by atoms with Crippen molar-refractivity contribution in [3.05, 3.63) is 47.0 Å². The van der Waals surface area contributed by atoms with Gasteiger partial charge in [-0.3, -0.25) is 0 Å². The van der Waals surface area contributed by atoms with Gasteiger partial charge in [0.1, 0.15) is 0 Å². The molecule has 3 rings (SSSR count). The molecule has 2 aromatic carbocycles. The second kappa shape index (κ2) is 2.35. The van der Waals surface area contributed by atoms with Gasteiger partial charge in [-0.2, -0.15) is 0 Å². The molecule has 0 heteroatoms. The van der Waals surface area contributed by atoms with Crippen molar-refractivity contribution in [1.29, 1.82) is 0 Å². The predicted molar refractivity (Wildman–Crippen MR) is 56.1 cm³/mol. The molecule has 0 nitrogen and oxygen atoms in total. The van der Waals surface area contributed by atoms with E-state index < -0.39 is 0 Å². The van der Waals surface area contributed by atoms with Crippen LogP contribution in [0.2, 0.25) is 0 Å². The van der Waals surface area contributed by atoms with Crippen LogP contribution in [0.15, 0.2) is 30.3 Å². The molecule has 0 aliphatic heterocycles. The highest BCUT2D eigenvalue weighted by Crippen LogP contribution is 2.31. The number of rotatable bonds is 0. The average molecular weight is 168 g/mol. The third-order valence-corrected chi connectivity index (χ3v) is 3.03. The quantitative estimate of drug-likeness (QED) is 0.566. The van der Waals surface area contributed by atoms with E-state index in [4.69, 9.17) is 0 Å². The van der Waals surface area contributed by atoms with Crippen LogP contribution < -0.4 is 0 Å². The van der Waals surface area contributed by atoms with Crippen molar-refractivity contribution in [2.45, 2.75) is 19.8 Å². The van der Waals surface area contributed by atoms with Gasteiger partial charge in [-0.1, -0.05) is 35.9 Å². The van der Waals surface area contributed by atoms with Crippen molar-refractivity contribution in [2.24, 2.45) is 0 Å². The van der Waals surface area contributed by atoms with E-state index in [9.17, 15) is 0 Å². The Kier molecular flexibility index (Phi) is 1.29. The molecule has 0 fully saturated rings. The molecule has 0 spiro atoms. The smallest absolute Gasteiger partial charge is 0.0146 e. The maximum Gasteiger partial charge on any atom is -0.0146 e. The number of fused-ring (bicyclic) bond motifs is 3. The van der Waals surface area contributed by atoms with E-state index >= 15 is 0 Å². The Morgan fingerprint density at radius 1 is 1.00 bits per heavy atom. The lowest BCUT2D eigenvalue weighted by molar-refractivity contribution is 0.852. The summed E-state index contributed by atoms with van der Waals surface area (Å²) >= 11 is 0. The van der Waals surface area contributed by atoms with Crippen LogP contribution in [0.25, 0.3) is 10.8 Å². The van der Waals surface area contributed by atoms with Gasteiger partial charge in [0.05, 0.1) is 0 Å². The van der Waals surface area contributed by atoms with Gasteiger partial charge in [0, 0.05) is 0 Å². The molecule has 0 atom stereocenters. The monoisotopic (exact) mass is 168 g/mol. The van der Waals surface area contributed by atoms with E-state index in [2.05, 4.69) is 37.3 Å². The summed E-state index contributed by atoms with van der Waals surface area (Å²) in [6.07, 6.45) is 2.55. The first-order valence-electron chi connectivity index (χ1n) is 4.86. The summed E-state index contributed by atoms with van der Waals surface area (Å²) in [5.41, 5.74) is 4.51. The molecule has 0 saturated heterocycles. The summed E-state index contributed by atoms with van der Waals surface area (Å²) in [5, 5.41) is 2.87. The molecule has 64 valence electrons. The van der Waals surface area contributed by atoms with Crippen LogP contribution in [0.1, 0.15) is 16.7 Å². The third kappa shape index (κ3) is 0.918. The van der Waals surface area contributed by atoms with Gasteiger partial charge >= 0.3 is 0 Å². The molecule has 1 aliphatic carbocycles. The van der Waals surface area contributed by atoms with Crippen molar-refractivity contribution in [2.75, 3.05) is 0 Å². The van der Waals surface area contributed by atoms with E-state index in [1.807, 2.05) is 0 Å². The molecule has 0 heterocycles. The molecule has 0 radical (unpaired) electrons. The summed E-state index contributed by atoms with van der Waals surface area (Å²) in [6, 6.07) is 11.2. The maximum absolute atomic E-state index is 2.31. The van der Waals surface area contributed by atoms with Crippen molar-refractivity contribution < 1.29 is 0 Å². The Hall–Kier alpha value is -1.30. The number of aryl methyl sites for hydroxylation is 3. The number of hydrogen-bond acceptors (Lipinski definition) is 0. The largest absolute Gasteiger partial charge is 0.0587 e. The Morgan fingerprint density at radius 2 is 1.85 bits per heavy atom. The third-order valence-electron chi connectivity index (χ3n) is 3.03. The standard InChI is InChI=1S/C13H12/c1-9-2-3-11-5-4-10-6-7-12(10)13(11)8-9/h2-5,8H,6-7H2,1H3. The van der Waals surface area contributed by atoms with E-state index in [1.165, 1.54) is 29.2 Å². The second-order valence-corrected chi connectivity index (χ2v) is 3.93. The van der Waals surface area contributed by atoms with Crippen LogP contribution in [0.5, 0.6) is 0 Å². The molecule has 0 saturated carbocycles. The minimum Gasteiger partial charge on any atom is -0.0587 e. The van der Waals surface area contributed by atoms with E-state index in [0.717, 1.165) is 0 Å². The maximum atomic E-state index is 2.31. The zero-order chi connectivity index (χ0) is 8.84. The lowest BCUT2D eigenvalue weighted by atomic mass is 9.84. The minimum atomic E-state index is 1.27. The van der Waals surface area contributed by atoms with Crippen molar-refractivity contribution >= 4 is 10.8 Å². The van der Waals surface area contributed by atoms with E-state index in [0.29, 0.717) is 0 Å². The topological polar surface area (TPSA) is 0 Å². The minimum absolute atomic E-state index is 1.27. The normalized spacial score (nSPS) is 13.9. The first kappa shape index (κ1) is 7.14. The van der Waals surface area contributed by atoms with Crippen LogP contribution in [0.4, 0.5) is 0 Å². The lowest BCUT2D eigenvalue weighted by Crippen LogP contribution is -2.08. The van der Waals surface area contributed by atoms with Gasteiger partial charge in [-0.15, -0.1) is 0 Å². The highest BCUT2D eigenvalue weighted by Gasteiger charge is 2.15. The fraction of sp³-hybridized carbons (Fsp3) is 0.231. The molecule has 0 amide bonds. The van der Waals surface area contributed by atoms with Crippen molar-refractivity contribution in [1.82, 2.24) is 0 Å². The van der Waals surface area contributed by atoms with Crippen molar-refractivity contribution in [3.8, 4) is 0 Å². The van der Waals surface area contributed by atoms with Gasteiger partial charge in [0.15, 0.2) is 0 Å². The van der Waals surface area contributed by atoms with Gasteiger partial charge in [-0.25, -0.2) is 0 Å². The summed E-state index contributed by atoms with van der Waals surface area (Å²) < 4.78 is 0. The zero-order valence-corrected chi connectivity index (χ0v) is 7.80. The first-order chi connectivity index (χ1) is 6.34. The van der Waals surface area contributed by atoms with Crippen LogP contribution >= 0.6 is 0 Å². The Morgan fingerprint density at radius 3 is 2.62 bits per heavy atom. The van der Waals surface area contributed by atoms with Crippen molar-refractivity contribution in [3.63, 3.8) is 0 Å². The lowest BCUT2D eigenvalue weighted by Gasteiger charge is -2.21. The Balaban J connectivity index is 2.45. The predicted octanol–water partition coefficient (Wildman–Crippen LogP) is 3.25. The number of benzene rings is 2. The Labute approximate surface area is 78.2 Å². The first-order valence-corrected chi connectivity index (χ1v) is 4.86. The van der Waals surface area contributed by atoms with Gasteiger partial charge in [0.25, 0.3) is 0 Å². The molecule has 0 bridgehead atoms. The summed E-state index contributed by atoms with van der Waals surface area (Å²) in [5.74, 6) is 0. The van der Waals surface area contributed by atoms with E-state index in [1.54, 1.807) is 11.1 Å². The highest BCUT2D eigenvalue weighted by atomic mass is 14.2. The van der Waals surface area contributed by atoms with Crippen LogP contribution in [0.3, 0.4) is 0 Å². The molecule has 13 heavy (non-hydrogen) atoms. The van der Waals surface area contributed by atoms with Gasteiger partial charge in [0.2, 0.25) is 0 Å². The molecule has 0 aromatic heterocycles. The molecule has 0 N–H and O–H groups in total. The molecular formula is C13H12. The summed E-state index contributed by atoms with van der Waals surface area (Å²) in [4.78, 5) is 0. The van der Waals surface area contributed by atoms with Gasteiger partial charge in [-0.05, 0) is 41.7 Å². The average Bonchev–Trinajstić information content (AvgIpc) is 2.05. The summed E-state index contributed by atoms with van der Waals surface area (Å²) in [7, 11) is 0. The summed E-state index contributed by atoms with van der Waals surface area (Å²) in [6.45, 7) is 2.16. The molecule has 0 unspecified atom stereocenters. The van der Waals surface area contributed by atoms with E-state index in [-0.39, 0.29) is 0 Å². The van der Waals surface area contributed by atoms with Crippen LogP contribution in [-0.4, -0.2) is 0 Å². The molecule has 2 aromatic rings. The Bertz CT molecular complexity index is 475. The molecule has 1 aliphatic rings. The fourth-order valence-corrected chi connectivity index (χ4v) is 2.15. The van der Waals surface area contributed by atoms with Gasteiger partial charge < -0.3 is 0 Å². The number of hydrogen-bond donors (Lipinski definition) is 0. The fourth-order valence-electron chi connectivity index (χ4n) is 2.15. The second-order valence-electron chi connectivity index (χ2n) is 3.93. The highest BCUT2D eigenvalue weighted by molar-refractivity contribution is 5.88. The van der Waals surface area contributed by atoms with Crippen LogP contribution in [-0.2, 0) is 12.8 Å². The van der Waals surface area contributed by atoms with Crippen LogP contribution in [0, 0.1) is 6.92 Å². The molecular weight excluding hydrogens is 156 g/mol.